The summed E-state index contributed by atoms with van der Waals surface area (Å²) < 4.78 is 0. The van der Waals surface area contributed by atoms with Crippen molar-refractivity contribution in [3.63, 3.8) is 0 Å². The van der Waals surface area contributed by atoms with E-state index in [1.165, 1.54) is 11.8 Å². The Bertz CT molecular complexity index is 222. The Labute approximate surface area is 68.8 Å². The largest absolute Gasteiger partial charge is 0.323 e. The van der Waals surface area contributed by atoms with Crippen LogP contribution in [0.4, 0.5) is 5.69 Å². The second-order valence-electron chi connectivity index (χ2n) is 1.97. The van der Waals surface area contributed by atoms with Crippen LogP contribution in [0.2, 0.25) is 0 Å². The molecule has 0 aliphatic carbocycles. The van der Waals surface area contributed by atoms with E-state index < -0.39 is 0 Å². The highest BCUT2D eigenvalue weighted by molar-refractivity contribution is 7.99. The summed E-state index contributed by atoms with van der Waals surface area (Å²) in [5.74, 6) is 0.476. The van der Waals surface area contributed by atoms with Crippen LogP contribution in [0.25, 0.3) is 0 Å². The highest BCUT2D eigenvalue weighted by atomic mass is 32.2. The van der Waals surface area contributed by atoms with Gasteiger partial charge in [-0.3, -0.25) is 9.89 Å². The zero-order valence-corrected chi connectivity index (χ0v) is 6.94. The van der Waals surface area contributed by atoms with Gasteiger partial charge in [-0.25, -0.2) is 0 Å². The topological polar surface area (TPSA) is 57.8 Å². The third-order valence-corrected chi connectivity index (χ3v) is 1.61. The fraction of sp³-hybridized carbons (Fsp3) is 0.333. The zero-order valence-electron chi connectivity index (χ0n) is 6.13. The van der Waals surface area contributed by atoms with Crippen molar-refractivity contribution in [2.24, 2.45) is 0 Å². The molecule has 60 valence electrons. The smallest absolute Gasteiger partial charge is 0.234 e. The third kappa shape index (κ3) is 2.63. The Morgan fingerprint density at radius 1 is 1.91 bits per heavy atom. The second kappa shape index (κ2) is 4.02. The molecule has 0 atom stereocenters. The van der Waals surface area contributed by atoms with Crippen LogP contribution in [0, 0.1) is 0 Å². The van der Waals surface area contributed by atoms with Gasteiger partial charge in [-0.1, -0.05) is 0 Å². The molecule has 5 heteroatoms. The van der Waals surface area contributed by atoms with Crippen LogP contribution in [0.1, 0.15) is 0 Å². The predicted molar refractivity (Wildman–Crippen MR) is 45.6 cm³/mol. The minimum atomic E-state index is -0.00102. The summed E-state index contributed by atoms with van der Waals surface area (Å²) in [4.78, 5) is 10.9. The summed E-state index contributed by atoms with van der Waals surface area (Å²) in [5, 5.41) is 8.96. The number of thioether (sulfide) groups is 1. The van der Waals surface area contributed by atoms with E-state index in [-0.39, 0.29) is 5.91 Å². The molecule has 4 nitrogen and oxygen atoms in total. The van der Waals surface area contributed by atoms with E-state index in [4.69, 9.17) is 0 Å². The number of carbonyl (C=O) groups is 1. The van der Waals surface area contributed by atoms with Crippen molar-refractivity contribution in [3.05, 3.63) is 12.4 Å². The summed E-state index contributed by atoms with van der Waals surface area (Å²) in [7, 11) is 0. The van der Waals surface area contributed by atoms with Crippen molar-refractivity contribution in [3.8, 4) is 0 Å². The van der Waals surface area contributed by atoms with E-state index in [1.54, 1.807) is 12.4 Å². The third-order valence-electron chi connectivity index (χ3n) is 1.06. The van der Waals surface area contributed by atoms with Crippen molar-refractivity contribution < 1.29 is 4.79 Å². The lowest BCUT2D eigenvalue weighted by molar-refractivity contribution is -0.113. The number of hydrogen-bond acceptors (Lipinski definition) is 3. The predicted octanol–water partition coefficient (Wildman–Crippen LogP) is 0.711. The molecular weight excluding hydrogens is 162 g/mol. The number of rotatable bonds is 3. The van der Waals surface area contributed by atoms with Crippen LogP contribution >= 0.6 is 11.8 Å². The molecule has 1 amide bonds. The molecule has 0 bridgehead atoms. The number of aromatic amines is 1. The van der Waals surface area contributed by atoms with Gasteiger partial charge in [-0.15, -0.1) is 0 Å². The number of nitrogens with one attached hydrogen (secondary N) is 2. The fourth-order valence-electron chi connectivity index (χ4n) is 0.647. The van der Waals surface area contributed by atoms with E-state index in [2.05, 4.69) is 15.5 Å². The first-order chi connectivity index (χ1) is 5.33. The molecule has 1 aromatic rings. The quantitative estimate of drug-likeness (QED) is 0.704. The van der Waals surface area contributed by atoms with Crippen molar-refractivity contribution >= 4 is 23.4 Å². The number of amides is 1. The molecule has 0 saturated heterocycles. The van der Waals surface area contributed by atoms with Crippen molar-refractivity contribution in [1.82, 2.24) is 10.2 Å². The molecule has 1 heterocycles. The molecule has 2 N–H and O–H groups in total. The van der Waals surface area contributed by atoms with E-state index in [0.717, 1.165) is 0 Å². The second-order valence-corrected chi connectivity index (χ2v) is 2.83. The average molecular weight is 171 g/mol. The molecular formula is C6H9N3OS. The van der Waals surface area contributed by atoms with E-state index in [0.29, 0.717) is 11.4 Å². The summed E-state index contributed by atoms with van der Waals surface area (Å²) in [6.45, 7) is 0. The lowest BCUT2D eigenvalue weighted by Crippen LogP contribution is -2.12. The monoisotopic (exact) mass is 171 g/mol. The molecule has 0 aromatic carbocycles. The van der Waals surface area contributed by atoms with Crippen LogP contribution < -0.4 is 5.32 Å². The first-order valence-corrected chi connectivity index (χ1v) is 4.50. The van der Waals surface area contributed by atoms with Crippen molar-refractivity contribution in [1.29, 1.82) is 0 Å². The standard InChI is InChI=1S/C6H9N3OS/c1-11-4-6(10)9-5-2-7-8-3-5/h2-3H,4H2,1H3,(H,7,8)(H,9,10). The van der Waals surface area contributed by atoms with Gasteiger partial charge in [-0.2, -0.15) is 16.9 Å². The first kappa shape index (κ1) is 8.13. The van der Waals surface area contributed by atoms with E-state index in [1.807, 2.05) is 6.26 Å². The number of nitrogens with zero attached hydrogens (tertiary/aromatic N) is 1. The summed E-state index contributed by atoms with van der Waals surface area (Å²) in [5.41, 5.74) is 0.712. The molecule has 0 fully saturated rings. The summed E-state index contributed by atoms with van der Waals surface area (Å²) >= 11 is 1.49. The Morgan fingerprint density at radius 3 is 3.27 bits per heavy atom. The maximum atomic E-state index is 10.9. The van der Waals surface area contributed by atoms with Gasteiger partial charge in [0.15, 0.2) is 0 Å². The molecule has 0 unspecified atom stereocenters. The van der Waals surface area contributed by atoms with E-state index >= 15 is 0 Å². The molecule has 0 spiro atoms. The Balaban J connectivity index is 2.37. The Morgan fingerprint density at radius 2 is 2.73 bits per heavy atom. The molecule has 1 aromatic heterocycles. The maximum Gasteiger partial charge on any atom is 0.234 e. The summed E-state index contributed by atoms with van der Waals surface area (Å²) in [6, 6.07) is 0. The van der Waals surface area contributed by atoms with Gasteiger partial charge in [0.25, 0.3) is 0 Å². The highest BCUT2D eigenvalue weighted by Crippen LogP contribution is 2.01. The Hall–Kier alpha value is -0.970. The minimum absolute atomic E-state index is 0.00102. The zero-order chi connectivity index (χ0) is 8.10. The number of H-pyrrole nitrogens is 1. The number of anilines is 1. The molecule has 0 aliphatic heterocycles. The fourth-order valence-corrected chi connectivity index (χ4v) is 0.982. The van der Waals surface area contributed by atoms with Gasteiger partial charge in [0.05, 0.1) is 17.6 Å². The average Bonchev–Trinajstić information content (AvgIpc) is 2.40. The van der Waals surface area contributed by atoms with Crippen LogP contribution in [-0.4, -0.2) is 28.1 Å². The maximum absolute atomic E-state index is 10.9. The molecule has 1 rings (SSSR count). The summed E-state index contributed by atoms with van der Waals surface area (Å²) in [6.07, 6.45) is 5.09. The van der Waals surface area contributed by atoms with Crippen LogP contribution in [0.5, 0.6) is 0 Å². The van der Waals surface area contributed by atoms with Gasteiger partial charge in [0.1, 0.15) is 0 Å². The lowest BCUT2D eigenvalue weighted by Gasteiger charge is -1.97. The molecule has 11 heavy (non-hydrogen) atoms. The number of hydrogen-bond donors (Lipinski definition) is 2. The minimum Gasteiger partial charge on any atom is -0.323 e. The van der Waals surface area contributed by atoms with Crippen LogP contribution in [0.3, 0.4) is 0 Å². The van der Waals surface area contributed by atoms with Gasteiger partial charge in [-0.05, 0) is 6.26 Å². The van der Waals surface area contributed by atoms with Crippen molar-refractivity contribution in [2.75, 3.05) is 17.3 Å². The molecule has 0 aliphatic rings. The normalized spacial score (nSPS) is 9.55. The van der Waals surface area contributed by atoms with Gasteiger partial charge < -0.3 is 5.32 Å². The van der Waals surface area contributed by atoms with Gasteiger partial charge in [0, 0.05) is 6.20 Å². The molecule has 0 saturated carbocycles. The first-order valence-electron chi connectivity index (χ1n) is 3.10. The molecule has 0 radical (unpaired) electrons. The van der Waals surface area contributed by atoms with Crippen LogP contribution in [0.15, 0.2) is 12.4 Å². The van der Waals surface area contributed by atoms with Gasteiger partial charge in [0.2, 0.25) is 5.91 Å². The number of carbonyl (C=O) groups excluding carboxylic acids is 1. The lowest BCUT2D eigenvalue weighted by atomic mass is 10.5. The van der Waals surface area contributed by atoms with Crippen molar-refractivity contribution in [2.45, 2.75) is 0 Å². The Kier molecular flexibility index (Phi) is 2.97. The van der Waals surface area contributed by atoms with Gasteiger partial charge >= 0.3 is 0 Å². The highest BCUT2D eigenvalue weighted by Gasteiger charge is 1.99. The SMILES string of the molecule is CSCC(=O)Nc1cn[nH]c1. The van der Waals surface area contributed by atoms with Crippen LogP contribution in [-0.2, 0) is 4.79 Å². The number of aromatic nitrogens is 2. The van der Waals surface area contributed by atoms with E-state index in [9.17, 15) is 4.79 Å².